The van der Waals surface area contributed by atoms with Crippen LogP contribution >= 0.6 is 0 Å². The summed E-state index contributed by atoms with van der Waals surface area (Å²) in [5.74, 6) is 0.222. The fourth-order valence-electron chi connectivity index (χ4n) is 6.30. The summed E-state index contributed by atoms with van der Waals surface area (Å²) in [5, 5.41) is 20.9. The molecular weight excluding hydrogens is 632 g/mol. The van der Waals surface area contributed by atoms with Crippen molar-refractivity contribution >= 4 is 29.2 Å². The summed E-state index contributed by atoms with van der Waals surface area (Å²) in [4.78, 5) is 45.0. The molecule has 0 aliphatic carbocycles. The number of aliphatic hydroxyl groups is 1. The van der Waals surface area contributed by atoms with E-state index in [1.165, 1.54) is 0 Å². The quantitative estimate of drug-likeness (QED) is 0.143. The smallest absolute Gasteiger partial charge is 0.323 e. The number of ether oxygens (including phenoxy) is 1. The van der Waals surface area contributed by atoms with Crippen LogP contribution in [0.5, 0.6) is 5.75 Å². The number of anilines is 2. The van der Waals surface area contributed by atoms with Gasteiger partial charge in [0.25, 0.3) is 11.8 Å². The van der Waals surface area contributed by atoms with Gasteiger partial charge < -0.3 is 30.3 Å². The lowest BCUT2D eigenvalue weighted by atomic mass is 9.93. The number of aryl methyl sites for hydroxylation is 2. The van der Waals surface area contributed by atoms with Gasteiger partial charge in [-0.25, -0.2) is 9.48 Å². The van der Waals surface area contributed by atoms with E-state index in [-0.39, 0.29) is 24.0 Å². The first kappa shape index (κ1) is 36.1. The van der Waals surface area contributed by atoms with Crippen LogP contribution in [0.25, 0.3) is 5.69 Å². The maximum Gasteiger partial charge on any atom is 0.323 e. The Morgan fingerprint density at radius 2 is 1.66 bits per heavy atom. The Morgan fingerprint density at radius 1 is 0.940 bits per heavy atom. The first-order chi connectivity index (χ1) is 24.2. The molecule has 264 valence electrons. The van der Waals surface area contributed by atoms with Gasteiger partial charge in [0.1, 0.15) is 5.75 Å². The molecule has 1 atom stereocenters. The van der Waals surface area contributed by atoms with Gasteiger partial charge in [-0.15, -0.1) is 0 Å². The number of unbranched alkanes of at least 4 members (excludes halogenated alkanes) is 2. The predicted molar refractivity (Wildman–Crippen MR) is 195 cm³/mol. The highest BCUT2D eigenvalue weighted by Crippen LogP contribution is 2.29. The minimum Gasteiger partial charge on any atom is -0.497 e. The predicted octanol–water partition coefficient (Wildman–Crippen LogP) is 6.74. The molecule has 1 aliphatic heterocycles. The van der Waals surface area contributed by atoms with Gasteiger partial charge in [-0.1, -0.05) is 51.0 Å². The van der Waals surface area contributed by atoms with Gasteiger partial charge in [0.2, 0.25) is 0 Å². The van der Waals surface area contributed by atoms with Gasteiger partial charge in [-0.2, -0.15) is 5.10 Å². The Morgan fingerprint density at radius 3 is 2.32 bits per heavy atom. The molecule has 3 aromatic carbocycles. The van der Waals surface area contributed by atoms with E-state index in [2.05, 4.69) is 24.5 Å². The van der Waals surface area contributed by atoms with Crippen LogP contribution in [0.2, 0.25) is 0 Å². The zero-order chi connectivity index (χ0) is 35.8. The molecule has 1 aliphatic rings. The Bertz CT molecular complexity index is 1830. The second-order valence-corrected chi connectivity index (χ2v) is 12.8. The molecular formula is C39H48N6O5. The average Bonchev–Trinajstić information content (AvgIpc) is 3.52. The van der Waals surface area contributed by atoms with Gasteiger partial charge in [-0.3, -0.25) is 9.59 Å². The molecule has 1 unspecified atom stereocenters. The van der Waals surface area contributed by atoms with Crippen LogP contribution < -0.4 is 15.4 Å². The van der Waals surface area contributed by atoms with E-state index < -0.39 is 12.1 Å². The van der Waals surface area contributed by atoms with Crippen molar-refractivity contribution in [2.24, 2.45) is 0 Å². The molecule has 2 heterocycles. The number of hydrogen-bond donors (Lipinski definition) is 3. The monoisotopic (exact) mass is 680 g/mol. The number of nitrogens with zero attached hydrogens (tertiary/aromatic N) is 4. The van der Waals surface area contributed by atoms with Crippen molar-refractivity contribution in [2.75, 3.05) is 37.4 Å². The van der Waals surface area contributed by atoms with Crippen LogP contribution in [0.4, 0.5) is 16.2 Å². The van der Waals surface area contributed by atoms with E-state index in [4.69, 9.17) is 9.84 Å². The molecule has 0 saturated heterocycles. The largest absolute Gasteiger partial charge is 0.497 e. The lowest BCUT2D eigenvalue weighted by molar-refractivity contribution is 0.0544. The van der Waals surface area contributed by atoms with Crippen molar-refractivity contribution in [1.29, 1.82) is 0 Å². The van der Waals surface area contributed by atoms with Crippen LogP contribution in [0, 0.1) is 13.8 Å². The van der Waals surface area contributed by atoms with Crippen LogP contribution in [-0.2, 0) is 13.0 Å². The first-order valence-electron chi connectivity index (χ1n) is 17.4. The molecule has 11 heteroatoms. The minimum absolute atomic E-state index is 0.140. The highest BCUT2D eigenvalue weighted by molar-refractivity contribution is 6.03. The van der Waals surface area contributed by atoms with E-state index in [0.29, 0.717) is 60.3 Å². The van der Waals surface area contributed by atoms with Gasteiger partial charge in [0.05, 0.1) is 31.0 Å². The molecule has 0 bridgehead atoms. The lowest BCUT2D eigenvalue weighted by Crippen LogP contribution is -2.46. The van der Waals surface area contributed by atoms with Crippen molar-refractivity contribution in [1.82, 2.24) is 19.6 Å². The number of rotatable bonds is 13. The van der Waals surface area contributed by atoms with Crippen LogP contribution in [0.15, 0.2) is 66.7 Å². The number of fused-ring (bicyclic) bond motifs is 1. The number of nitrogens with one attached hydrogen (secondary N) is 2. The van der Waals surface area contributed by atoms with Gasteiger partial charge >= 0.3 is 6.03 Å². The highest BCUT2D eigenvalue weighted by Gasteiger charge is 2.32. The third-order valence-electron chi connectivity index (χ3n) is 9.18. The normalized spacial score (nSPS) is 13.8. The zero-order valence-corrected chi connectivity index (χ0v) is 29.7. The summed E-state index contributed by atoms with van der Waals surface area (Å²) in [7, 11) is 1.59. The number of amides is 4. The second-order valence-electron chi connectivity index (χ2n) is 12.8. The first-order valence-corrected chi connectivity index (χ1v) is 17.4. The summed E-state index contributed by atoms with van der Waals surface area (Å²) in [6.07, 6.45) is 4.27. The lowest BCUT2D eigenvalue weighted by Gasteiger charge is -2.36. The number of aliphatic hydroxyl groups excluding tert-OH is 1. The zero-order valence-electron chi connectivity index (χ0n) is 29.7. The van der Waals surface area contributed by atoms with Gasteiger partial charge in [-0.05, 0) is 92.3 Å². The minimum atomic E-state index is -0.480. The topological polar surface area (TPSA) is 129 Å². The molecule has 4 aromatic rings. The standard InChI is InChI=1S/C39H48N6O5/c1-6-8-18-43(19-9-7-2)38(48)35-21-27(4)45(42-35)36-17-14-30(40-39(49)41-34-16-15-32(50-5)20-26(34)3)23-33(36)37(47)44-24-29-13-11-10-12-28(29)22-31(44)25-46/h10-17,20-21,23,31,46H,6-9,18-19,22,24-25H2,1-5H3,(H2,40,41,49). The van der Waals surface area contributed by atoms with E-state index in [9.17, 15) is 19.5 Å². The fraction of sp³-hybridized carbons (Fsp3) is 0.385. The Hall–Kier alpha value is -5.16. The van der Waals surface area contributed by atoms with Crippen molar-refractivity contribution < 1.29 is 24.2 Å². The third-order valence-corrected chi connectivity index (χ3v) is 9.18. The number of carbonyl (C=O) groups is 3. The summed E-state index contributed by atoms with van der Waals surface area (Å²) in [6, 6.07) is 19.2. The van der Waals surface area contributed by atoms with Crippen molar-refractivity contribution in [3.63, 3.8) is 0 Å². The molecule has 3 N–H and O–H groups in total. The molecule has 5 rings (SSSR count). The second kappa shape index (κ2) is 16.5. The molecule has 0 fully saturated rings. The maximum absolute atomic E-state index is 14.6. The van der Waals surface area contributed by atoms with E-state index >= 15 is 0 Å². The molecule has 11 nitrogen and oxygen atoms in total. The SMILES string of the molecule is CCCCN(CCCC)C(=O)c1cc(C)n(-c2ccc(NC(=O)Nc3ccc(OC)cc3C)cc2C(=O)N2Cc3ccccc3CC2CO)n1. The highest BCUT2D eigenvalue weighted by atomic mass is 16.5. The maximum atomic E-state index is 14.6. The Labute approximate surface area is 294 Å². The summed E-state index contributed by atoms with van der Waals surface area (Å²) >= 11 is 0. The Kier molecular flexibility index (Phi) is 11.9. The number of carbonyl (C=O) groups excluding carboxylic acids is 3. The van der Waals surface area contributed by atoms with E-state index in [1.807, 2.05) is 49.1 Å². The summed E-state index contributed by atoms with van der Waals surface area (Å²) in [5.41, 5.74) is 5.68. The van der Waals surface area contributed by atoms with Crippen LogP contribution in [0.1, 0.15) is 82.8 Å². The van der Waals surface area contributed by atoms with Gasteiger partial charge in [0, 0.05) is 36.7 Å². The van der Waals surface area contributed by atoms with Crippen molar-refractivity contribution in [3.8, 4) is 11.4 Å². The van der Waals surface area contributed by atoms with Crippen LogP contribution in [-0.4, -0.2) is 75.4 Å². The van der Waals surface area contributed by atoms with Crippen molar-refractivity contribution in [3.05, 3.63) is 100 Å². The summed E-state index contributed by atoms with van der Waals surface area (Å²) < 4.78 is 6.90. The van der Waals surface area contributed by atoms with E-state index in [1.54, 1.807) is 53.1 Å². The van der Waals surface area contributed by atoms with E-state index in [0.717, 1.165) is 42.4 Å². The van der Waals surface area contributed by atoms with Crippen molar-refractivity contribution in [2.45, 2.75) is 72.4 Å². The molecule has 0 radical (unpaired) electrons. The number of hydrogen-bond acceptors (Lipinski definition) is 6. The fourth-order valence-corrected chi connectivity index (χ4v) is 6.30. The number of aromatic nitrogens is 2. The van der Waals surface area contributed by atoms with Crippen LogP contribution in [0.3, 0.4) is 0 Å². The number of methoxy groups -OCH3 is 1. The number of benzene rings is 3. The molecule has 50 heavy (non-hydrogen) atoms. The summed E-state index contributed by atoms with van der Waals surface area (Å²) in [6.45, 7) is 9.35. The molecule has 4 amide bonds. The molecule has 1 aromatic heterocycles. The third kappa shape index (κ3) is 8.16. The molecule has 0 spiro atoms. The Balaban J connectivity index is 1.51. The van der Waals surface area contributed by atoms with Gasteiger partial charge in [0.15, 0.2) is 5.69 Å². The molecule has 0 saturated carbocycles. The number of urea groups is 1. The average molecular weight is 681 g/mol.